The maximum absolute atomic E-state index is 13.4. The zero-order valence-corrected chi connectivity index (χ0v) is 17.5. The molecule has 162 valence electrons. The number of amides is 2. The highest BCUT2D eigenvalue weighted by atomic mass is 35.5. The molecule has 0 radical (unpaired) electrons. The molecule has 0 bridgehead atoms. The number of hydrogen-bond acceptors (Lipinski definition) is 6. The molecule has 0 aliphatic carbocycles. The van der Waals surface area contributed by atoms with Crippen molar-refractivity contribution in [1.29, 1.82) is 0 Å². The van der Waals surface area contributed by atoms with Crippen LogP contribution in [0.25, 0.3) is 10.8 Å². The van der Waals surface area contributed by atoms with Crippen molar-refractivity contribution < 1.29 is 19.6 Å². The molecule has 1 aliphatic rings. The van der Waals surface area contributed by atoms with Crippen molar-refractivity contribution in [2.24, 2.45) is 0 Å². The van der Waals surface area contributed by atoms with E-state index in [0.717, 1.165) is 4.90 Å². The maximum Gasteiger partial charge on any atom is 0.294 e. The van der Waals surface area contributed by atoms with Gasteiger partial charge in [-0.05, 0) is 48.5 Å². The second-order valence-corrected chi connectivity index (χ2v) is 7.84. The van der Waals surface area contributed by atoms with E-state index in [4.69, 9.17) is 11.6 Å². The number of nitrogens with zero attached hydrogens (tertiary/aromatic N) is 2. The van der Waals surface area contributed by atoms with E-state index in [9.17, 15) is 24.8 Å². The number of aromatic hydroxyl groups is 1. The number of carbonyl (C=O) groups is 2. The van der Waals surface area contributed by atoms with E-state index in [0.29, 0.717) is 21.5 Å². The molecule has 33 heavy (non-hydrogen) atoms. The van der Waals surface area contributed by atoms with Gasteiger partial charge in [-0.15, -0.1) is 0 Å². The number of carbonyl (C=O) groups excluding carboxylic acids is 2. The smallest absolute Gasteiger partial charge is 0.294 e. The van der Waals surface area contributed by atoms with Crippen LogP contribution < -0.4 is 10.2 Å². The third-order valence-electron chi connectivity index (χ3n) is 5.41. The molecule has 0 fully saturated rings. The van der Waals surface area contributed by atoms with Gasteiger partial charge in [-0.3, -0.25) is 19.7 Å². The highest BCUT2D eigenvalue weighted by Gasteiger charge is 2.37. The maximum atomic E-state index is 13.4. The van der Waals surface area contributed by atoms with E-state index < -0.39 is 16.7 Å². The Bertz CT molecular complexity index is 1480. The molecular weight excluding hydrogens is 446 g/mol. The number of anilines is 3. The Balaban J connectivity index is 1.75. The quantitative estimate of drug-likeness (QED) is 0.231. The molecule has 0 spiro atoms. The number of phenolic OH excluding ortho intramolecular Hbond substituents is 1. The van der Waals surface area contributed by atoms with Crippen LogP contribution >= 0.6 is 11.6 Å². The van der Waals surface area contributed by atoms with Crippen LogP contribution in [-0.2, 0) is 0 Å². The number of nitro groups is 1. The predicted octanol–water partition coefficient (Wildman–Crippen LogP) is 5.65. The van der Waals surface area contributed by atoms with E-state index in [-0.39, 0.29) is 33.9 Å². The zero-order valence-electron chi connectivity index (χ0n) is 16.8. The van der Waals surface area contributed by atoms with Crippen LogP contribution in [-0.4, -0.2) is 21.8 Å². The molecule has 1 heterocycles. The molecule has 0 saturated carbocycles. The fraction of sp³-hybridized carbons (Fsp3) is 0. The van der Waals surface area contributed by atoms with Crippen LogP contribution in [0.4, 0.5) is 22.7 Å². The van der Waals surface area contributed by atoms with Crippen LogP contribution in [0, 0.1) is 10.1 Å². The van der Waals surface area contributed by atoms with Crippen LogP contribution in [0.5, 0.6) is 5.75 Å². The average Bonchev–Trinajstić information content (AvgIpc) is 2.79. The first kappa shape index (κ1) is 20.5. The van der Waals surface area contributed by atoms with E-state index >= 15 is 0 Å². The van der Waals surface area contributed by atoms with Gasteiger partial charge in [0, 0.05) is 33.1 Å². The number of imide groups is 1. The summed E-state index contributed by atoms with van der Waals surface area (Å²) in [5.41, 5.74) is 0.875. The largest absolute Gasteiger partial charge is 0.508 e. The minimum atomic E-state index is -0.688. The van der Waals surface area contributed by atoms with Gasteiger partial charge in [0.2, 0.25) is 0 Å². The molecule has 1 aliphatic heterocycles. The Morgan fingerprint density at radius 1 is 0.909 bits per heavy atom. The Hall–Kier alpha value is -4.43. The van der Waals surface area contributed by atoms with Gasteiger partial charge in [0.1, 0.15) is 11.4 Å². The summed E-state index contributed by atoms with van der Waals surface area (Å²) in [5, 5.41) is 25.7. The van der Waals surface area contributed by atoms with E-state index in [1.807, 2.05) is 0 Å². The fourth-order valence-electron chi connectivity index (χ4n) is 3.97. The van der Waals surface area contributed by atoms with Gasteiger partial charge in [-0.2, -0.15) is 0 Å². The Morgan fingerprint density at radius 2 is 1.61 bits per heavy atom. The van der Waals surface area contributed by atoms with Gasteiger partial charge >= 0.3 is 0 Å². The summed E-state index contributed by atoms with van der Waals surface area (Å²) in [6, 6.07) is 18.2. The van der Waals surface area contributed by atoms with Crippen molar-refractivity contribution in [3.05, 3.63) is 99.1 Å². The number of halogens is 1. The van der Waals surface area contributed by atoms with Crippen LogP contribution in [0.2, 0.25) is 5.02 Å². The number of nitro benzene ring substituents is 1. The minimum absolute atomic E-state index is 0.0227. The monoisotopic (exact) mass is 459 g/mol. The van der Waals surface area contributed by atoms with Crippen LogP contribution in [0.3, 0.4) is 0 Å². The number of phenols is 1. The van der Waals surface area contributed by atoms with Crippen LogP contribution in [0.1, 0.15) is 20.7 Å². The second-order valence-electron chi connectivity index (χ2n) is 7.40. The van der Waals surface area contributed by atoms with Crippen molar-refractivity contribution in [3.63, 3.8) is 0 Å². The Morgan fingerprint density at radius 3 is 2.30 bits per heavy atom. The van der Waals surface area contributed by atoms with Gasteiger partial charge in [-0.25, -0.2) is 4.90 Å². The summed E-state index contributed by atoms with van der Waals surface area (Å²) in [4.78, 5) is 39.0. The van der Waals surface area contributed by atoms with Crippen molar-refractivity contribution >= 4 is 56.9 Å². The lowest BCUT2D eigenvalue weighted by Crippen LogP contribution is -2.40. The summed E-state index contributed by atoms with van der Waals surface area (Å²) >= 11 is 6.05. The topological polar surface area (TPSA) is 113 Å². The molecule has 9 heteroatoms. The number of nitrogens with one attached hydrogen (secondary N) is 1. The summed E-state index contributed by atoms with van der Waals surface area (Å²) in [6.45, 7) is 0. The summed E-state index contributed by atoms with van der Waals surface area (Å²) < 4.78 is 0. The molecule has 0 aromatic heterocycles. The zero-order chi connectivity index (χ0) is 23.3. The fourth-order valence-corrected chi connectivity index (χ4v) is 4.16. The van der Waals surface area contributed by atoms with Gasteiger partial charge in [0.15, 0.2) is 0 Å². The minimum Gasteiger partial charge on any atom is -0.508 e. The highest BCUT2D eigenvalue weighted by Crippen LogP contribution is 2.42. The third kappa shape index (κ3) is 3.33. The molecule has 0 saturated heterocycles. The van der Waals surface area contributed by atoms with Crippen LogP contribution in [0.15, 0.2) is 72.8 Å². The van der Waals surface area contributed by atoms with Crippen molar-refractivity contribution in [2.75, 3.05) is 10.2 Å². The van der Waals surface area contributed by atoms with Gasteiger partial charge < -0.3 is 10.4 Å². The van der Waals surface area contributed by atoms with Crippen molar-refractivity contribution in [3.8, 4) is 5.75 Å². The van der Waals surface area contributed by atoms with Crippen molar-refractivity contribution in [2.45, 2.75) is 0 Å². The van der Waals surface area contributed by atoms with E-state index in [2.05, 4.69) is 5.32 Å². The first-order valence-corrected chi connectivity index (χ1v) is 10.2. The SMILES string of the molecule is O=C1c2cccc3c(Nc4cccc(Cl)c4)c([N+](=O)[O-])cc(c23)C(=O)N1c1ccc(O)cc1. The molecule has 2 N–H and O–H groups in total. The first-order chi connectivity index (χ1) is 15.8. The summed E-state index contributed by atoms with van der Waals surface area (Å²) in [5.74, 6) is -1.27. The molecule has 8 nitrogen and oxygen atoms in total. The van der Waals surface area contributed by atoms with Crippen molar-refractivity contribution in [1.82, 2.24) is 0 Å². The summed E-state index contributed by atoms with van der Waals surface area (Å²) in [7, 11) is 0. The second kappa shape index (κ2) is 7.61. The molecule has 4 aromatic carbocycles. The lowest BCUT2D eigenvalue weighted by Gasteiger charge is -2.28. The predicted molar refractivity (Wildman–Crippen MR) is 125 cm³/mol. The van der Waals surface area contributed by atoms with Gasteiger partial charge in [-0.1, -0.05) is 29.8 Å². The lowest BCUT2D eigenvalue weighted by molar-refractivity contribution is -0.383. The normalized spacial score (nSPS) is 12.8. The first-order valence-electron chi connectivity index (χ1n) is 9.79. The lowest BCUT2D eigenvalue weighted by atomic mass is 9.91. The molecule has 0 unspecified atom stereocenters. The Kier molecular flexibility index (Phi) is 4.72. The number of benzene rings is 4. The van der Waals surface area contributed by atoms with Gasteiger partial charge in [0.25, 0.3) is 17.5 Å². The van der Waals surface area contributed by atoms with E-state index in [1.54, 1.807) is 42.5 Å². The molecular formula is C24H14ClN3O5. The number of hydrogen-bond donors (Lipinski definition) is 2. The molecule has 5 rings (SSSR count). The standard InChI is InChI=1S/C24H14ClN3O5/c25-13-3-1-4-14(11-13)26-22-17-5-2-6-18-21(17)19(12-20(22)28(32)33)24(31)27(23(18)30)15-7-9-16(29)10-8-15/h1-12,26,29H. The molecule has 2 amide bonds. The molecule has 0 atom stereocenters. The Labute approximate surface area is 191 Å². The third-order valence-corrected chi connectivity index (χ3v) is 5.64. The summed E-state index contributed by atoms with van der Waals surface area (Å²) in [6.07, 6.45) is 0. The van der Waals surface area contributed by atoms with E-state index in [1.165, 1.54) is 30.3 Å². The molecule has 4 aromatic rings. The number of rotatable bonds is 4. The highest BCUT2D eigenvalue weighted by molar-refractivity contribution is 6.37. The average molecular weight is 460 g/mol. The van der Waals surface area contributed by atoms with Gasteiger partial charge in [0.05, 0.1) is 16.2 Å².